The molecular formula is C10H14NO3+. The van der Waals surface area contributed by atoms with Gasteiger partial charge in [-0.1, -0.05) is 12.1 Å². The minimum Gasteiger partial charge on any atom is -0.508 e. The summed E-state index contributed by atoms with van der Waals surface area (Å²) in [5, 5.41) is 9.19. The van der Waals surface area contributed by atoms with Gasteiger partial charge in [0.1, 0.15) is 5.75 Å². The first-order valence-electron chi connectivity index (χ1n) is 4.32. The van der Waals surface area contributed by atoms with Crippen LogP contribution in [0.2, 0.25) is 0 Å². The Morgan fingerprint density at radius 1 is 1.64 bits per heavy atom. The number of carbonyl (C=O) groups is 1. The summed E-state index contributed by atoms with van der Waals surface area (Å²) in [6.45, 7) is 0. The van der Waals surface area contributed by atoms with Crippen LogP contribution < -0.4 is 5.73 Å². The molecule has 0 heterocycles. The summed E-state index contributed by atoms with van der Waals surface area (Å²) in [4.78, 5) is 11.1. The highest BCUT2D eigenvalue weighted by molar-refractivity contribution is 5.74. The molecule has 0 radical (unpaired) electrons. The molecule has 4 nitrogen and oxygen atoms in total. The summed E-state index contributed by atoms with van der Waals surface area (Å²) in [5.41, 5.74) is 4.55. The van der Waals surface area contributed by atoms with E-state index in [4.69, 9.17) is 0 Å². The smallest absolute Gasteiger partial charge is 0.364 e. The molecule has 0 saturated carbocycles. The van der Waals surface area contributed by atoms with E-state index in [2.05, 4.69) is 10.5 Å². The van der Waals surface area contributed by atoms with Gasteiger partial charge in [-0.25, -0.2) is 4.79 Å². The van der Waals surface area contributed by atoms with E-state index in [1.807, 2.05) is 6.07 Å². The molecule has 14 heavy (non-hydrogen) atoms. The molecule has 1 rings (SSSR count). The van der Waals surface area contributed by atoms with Crippen LogP contribution in [0.3, 0.4) is 0 Å². The first kappa shape index (κ1) is 10.5. The lowest BCUT2D eigenvalue weighted by atomic mass is 10.1. The Kier molecular flexibility index (Phi) is 3.48. The topological polar surface area (TPSA) is 74.2 Å². The van der Waals surface area contributed by atoms with Crippen molar-refractivity contribution < 1.29 is 20.4 Å². The predicted molar refractivity (Wildman–Crippen MR) is 50.5 cm³/mol. The molecule has 0 spiro atoms. The van der Waals surface area contributed by atoms with E-state index in [1.165, 1.54) is 7.11 Å². The molecular weight excluding hydrogens is 182 g/mol. The van der Waals surface area contributed by atoms with Crippen molar-refractivity contribution in [1.29, 1.82) is 0 Å². The van der Waals surface area contributed by atoms with Crippen LogP contribution in [-0.2, 0) is 16.0 Å². The third-order valence-corrected chi connectivity index (χ3v) is 1.93. The molecule has 0 aromatic heterocycles. The predicted octanol–water partition coefficient (Wildman–Crippen LogP) is -0.282. The Balaban J connectivity index is 2.64. The summed E-state index contributed by atoms with van der Waals surface area (Å²) in [6, 6.07) is 6.33. The fourth-order valence-electron chi connectivity index (χ4n) is 1.22. The maximum atomic E-state index is 11.1. The van der Waals surface area contributed by atoms with Gasteiger partial charge in [-0.05, 0) is 17.7 Å². The number of aromatic hydroxyl groups is 1. The number of phenols is 1. The highest BCUT2D eigenvalue weighted by atomic mass is 16.5. The summed E-state index contributed by atoms with van der Waals surface area (Å²) < 4.78 is 4.55. The fourth-order valence-corrected chi connectivity index (χ4v) is 1.22. The van der Waals surface area contributed by atoms with Crippen LogP contribution in [0.1, 0.15) is 5.56 Å². The second-order valence-electron chi connectivity index (χ2n) is 3.09. The molecule has 4 N–H and O–H groups in total. The Morgan fingerprint density at radius 3 is 2.93 bits per heavy atom. The number of carbonyl (C=O) groups excluding carboxylic acids is 1. The average Bonchev–Trinajstić information content (AvgIpc) is 2.16. The number of phenolic OH excluding ortho intramolecular Hbond substituents is 1. The lowest BCUT2D eigenvalue weighted by molar-refractivity contribution is -0.407. The van der Waals surface area contributed by atoms with E-state index in [0.717, 1.165) is 5.56 Å². The zero-order valence-electron chi connectivity index (χ0n) is 8.06. The van der Waals surface area contributed by atoms with Gasteiger partial charge in [0.25, 0.3) is 0 Å². The monoisotopic (exact) mass is 196 g/mol. The van der Waals surface area contributed by atoms with Gasteiger partial charge in [0.05, 0.1) is 7.11 Å². The van der Waals surface area contributed by atoms with Gasteiger partial charge >= 0.3 is 5.97 Å². The molecule has 1 aromatic carbocycles. The van der Waals surface area contributed by atoms with Gasteiger partial charge in [0.15, 0.2) is 6.04 Å². The minimum atomic E-state index is -0.429. The second-order valence-corrected chi connectivity index (χ2v) is 3.09. The van der Waals surface area contributed by atoms with Crippen LogP contribution in [0.25, 0.3) is 0 Å². The minimum absolute atomic E-state index is 0.194. The van der Waals surface area contributed by atoms with Crippen molar-refractivity contribution in [3.63, 3.8) is 0 Å². The summed E-state index contributed by atoms with van der Waals surface area (Å²) >= 11 is 0. The Hall–Kier alpha value is -1.55. The molecule has 0 bridgehead atoms. The molecule has 0 amide bonds. The normalized spacial score (nSPS) is 12.1. The molecule has 1 aromatic rings. The van der Waals surface area contributed by atoms with Gasteiger partial charge in [-0.15, -0.1) is 0 Å². The molecule has 0 aliphatic carbocycles. The molecule has 1 atom stereocenters. The summed E-state index contributed by atoms with van der Waals surface area (Å²) in [7, 11) is 1.34. The highest BCUT2D eigenvalue weighted by Crippen LogP contribution is 2.11. The van der Waals surface area contributed by atoms with Gasteiger partial charge in [0, 0.05) is 6.42 Å². The van der Waals surface area contributed by atoms with Crippen molar-refractivity contribution in [2.24, 2.45) is 0 Å². The van der Waals surface area contributed by atoms with Crippen LogP contribution in [0.5, 0.6) is 5.75 Å². The van der Waals surface area contributed by atoms with Crippen LogP contribution in [0, 0.1) is 0 Å². The van der Waals surface area contributed by atoms with Crippen molar-refractivity contribution in [2.45, 2.75) is 12.5 Å². The molecule has 0 aliphatic rings. The third kappa shape index (κ3) is 2.74. The average molecular weight is 196 g/mol. The van der Waals surface area contributed by atoms with Crippen molar-refractivity contribution >= 4 is 5.97 Å². The van der Waals surface area contributed by atoms with E-state index < -0.39 is 6.04 Å². The Bertz CT molecular complexity index is 325. The van der Waals surface area contributed by atoms with Crippen molar-refractivity contribution in [3.8, 4) is 5.75 Å². The number of methoxy groups -OCH3 is 1. The standard InChI is InChI=1S/C10H13NO3/c1-14-10(13)9(11)6-7-3-2-4-8(12)5-7/h2-5,9,12H,6,11H2,1H3/p+1. The summed E-state index contributed by atoms with van der Waals surface area (Å²) in [5.74, 6) is -0.145. The molecule has 0 saturated heterocycles. The Labute approximate surface area is 82.3 Å². The quantitative estimate of drug-likeness (QED) is 0.653. The molecule has 4 heteroatoms. The Morgan fingerprint density at radius 2 is 2.36 bits per heavy atom. The van der Waals surface area contributed by atoms with E-state index in [0.29, 0.717) is 6.42 Å². The highest BCUT2D eigenvalue weighted by Gasteiger charge is 2.17. The summed E-state index contributed by atoms with van der Waals surface area (Å²) in [6.07, 6.45) is 0.473. The van der Waals surface area contributed by atoms with E-state index in [-0.39, 0.29) is 11.7 Å². The number of quaternary nitrogens is 1. The largest absolute Gasteiger partial charge is 0.508 e. The zero-order chi connectivity index (χ0) is 10.6. The number of esters is 1. The van der Waals surface area contributed by atoms with E-state index in [1.54, 1.807) is 18.2 Å². The van der Waals surface area contributed by atoms with Crippen LogP contribution >= 0.6 is 0 Å². The number of benzene rings is 1. The maximum absolute atomic E-state index is 11.1. The zero-order valence-corrected chi connectivity index (χ0v) is 8.06. The van der Waals surface area contributed by atoms with Gasteiger partial charge in [-0.2, -0.15) is 0 Å². The van der Waals surface area contributed by atoms with Gasteiger partial charge in [-0.3, -0.25) is 0 Å². The number of hydrogen-bond donors (Lipinski definition) is 2. The number of rotatable bonds is 3. The molecule has 0 aliphatic heterocycles. The first-order valence-corrected chi connectivity index (χ1v) is 4.32. The second kappa shape index (κ2) is 4.62. The van der Waals surface area contributed by atoms with Gasteiger partial charge in [0.2, 0.25) is 0 Å². The third-order valence-electron chi connectivity index (χ3n) is 1.93. The van der Waals surface area contributed by atoms with Crippen LogP contribution in [0.4, 0.5) is 0 Å². The number of hydrogen-bond acceptors (Lipinski definition) is 3. The molecule has 0 fully saturated rings. The van der Waals surface area contributed by atoms with Crippen molar-refractivity contribution in [2.75, 3.05) is 7.11 Å². The van der Waals surface area contributed by atoms with E-state index in [9.17, 15) is 9.90 Å². The first-order chi connectivity index (χ1) is 6.63. The van der Waals surface area contributed by atoms with Crippen LogP contribution in [0.15, 0.2) is 24.3 Å². The van der Waals surface area contributed by atoms with Crippen LogP contribution in [-0.4, -0.2) is 24.2 Å². The fraction of sp³-hybridized carbons (Fsp3) is 0.300. The van der Waals surface area contributed by atoms with Crippen molar-refractivity contribution in [3.05, 3.63) is 29.8 Å². The lowest BCUT2D eigenvalue weighted by Crippen LogP contribution is -2.66. The number of ether oxygens (including phenoxy) is 1. The van der Waals surface area contributed by atoms with Gasteiger partial charge < -0.3 is 15.6 Å². The van der Waals surface area contributed by atoms with E-state index >= 15 is 0 Å². The lowest BCUT2D eigenvalue weighted by Gasteiger charge is -2.06. The maximum Gasteiger partial charge on any atom is 0.364 e. The molecule has 1 unspecified atom stereocenters. The molecule has 76 valence electrons. The SMILES string of the molecule is COC(=O)C([NH3+])Cc1cccc(O)c1. The van der Waals surface area contributed by atoms with Crippen molar-refractivity contribution in [1.82, 2.24) is 0 Å².